The molecule has 2 heterocycles. The Hall–Kier alpha value is -2.56. The number of anilines is 2. The molecule has 5 nitrogen and oxygen atoms in total. The number of furan rings is 1. The molecule has 3 aromatic rings. The van der Waals surface area contributed by atoms with Gasteiger partial charge in [0, 0.05) is 18.3 Å². The fraction of sp³-hybridized carbons (Fsp3) is 0.200. The summed E-state index contributed by atoms with van der Waals surface area (Å²) in [6.07, 6.45) is 3.21. The van der Waals surface area contributed by atoms with E-state index in [1.54, 1.807) is 13.4 Å². The van der Waals surface area contributed by atoms with Crippen LogP contribution in [0.1, 0.15) is 5.56 Å². The summed E-state index contributed by atoms with van der Waals surface area (Å²) >= 11 is 0. The topological polar surface area (TPSA) is 51.4 Å². The number of nitrogens with zero attached hydrogens (tertiary/aromatic N) is 3. The van der Waals surface area contributed by atoms with Crippen LogP contribution in [-0.4, -0.2) is 24.1 Å². The van der Waals surface area contributed by atoms with E-state index < -0.39 is 0 Å². The zero-order chi connectivity index (χ0) is 14.1. The Morgan fingerprint density at radius 1 is 1.15 bits per heavy atom. The predicted molar refractivity (Wildman–Crippen MR) is 77.6 cm³/mol. The molecule has 1 aromatic carbocycles. The van der Waals surface area contributed by atoms with E-state index in [0.29, 0.717) is 5.71 Å². The van der Waals surface area contributed by atoms with E-state index in [1.807, 2.05) is 43.1 Å². The number of aromatic nitrogens is 2. The lowest BCUT2D eigenvalue weighted by Crippen LogP contribution is -2.11. The Balaban J connectivity index is 2.07. The summed E-state index contributed by atoms with van der Waals surface area (Å²) in [6, 6.07) is 7.82. The minimum absolute atomic E-state index is 0.605. The Bertz CT molecular complexity index is 734. The van der Waals surface area contributed by atoms with Crippen LogP contribution in [0, 0.1) is 6.92 Å². The Morgan fingerprint density at radius 2 is 1.90 bits per heavy atom. The Labute approximate surface area is 116 Å². The van der Waals surface area contributed by atoms with Gasteiger partial charge in [0.05, 0.1) is 18.8 Å². The molecule has 0 unspecified atom stereocenters. The van der Waals surface area contributed by atoms with Crippen molar-refractivity contribution in [1.82, 2.24) is 9.97 Å². The highest BCUT2D eigenvalue weighted by Gasteiger charge is 2.14. The van der Waals surface area contributed by atoms with Gasteiger partial charge in [-0.3, -0.25) is 0 Å². The van der Waals surface area contributed by atoms with Crippen LogP contribution in [0.3, 0.4) is 0 Å². The second-order valence-electron chi connectivity index (χ2n) is 4.55. The van der Waals surface area contributed by atoms with Crippen molar-refractivity contribution in [2.75, 3.05) is 19.1 Å². The lowest BCUT2D eigenvalue weighted by Gasteiger charge is -2.19. The average Bonchev–Trinajstić information content (AvgIpc) is 2.88. The van der Waals surface area contributed by atoms with Crippen molar-refractivity contribution < 1.29 is 9.15 Å². The molecule has 2 aromatic heterocycles. The molecule has 5 heteroatoms. The first-order valence-electron chi connectivity index (χ1n) is 6.27. The molecule has 0 aliphatic heterocycles. The van der Waals surface area contributed by atoms with E-state index in [0.717, 1.165) is 28.2 Å². The standard InChI is InChI=1S/C15H15N3O2/c1-10-8-20-15-13(10)14(16-9-17-15)18(2)11-4-6-12(19-3)7-5-11/h4-9H,1-3H3. The number of ether oxygens (including phenoxy) is 1. The number of fused-ring (bicyclic) bond motifs is 1. The van der Waals surface area contributed by atoms with Crippen LogP contribution >= 0.6 is 0 Å². The first kappa shape index (κ1) is 12.5. The summed E-state index contributed by atoms with van der Waals surface area (Å²) < 4.78 is 10.6. The summed E-state index contributed by atoms with van der Waals surface area (Å²) in [7, 11) is 3.62. The van der Waals surface area contributed by atoms with Crippen molar-refractivity contribution in [3.63, 3.8) is 0 Å². The molecule has 3 rings (SSSR count). The maximum Gasteiger partial charge on any atom is 0.231 e. The molecule has 20 heavy (non-hydrogen) atoms. The van der Waals surface area contributed by atoms with Crippen molar-refractivity contribution in [2.24, 2.45) is 0 Å². The number of rotatable bonds is 3. The smallest absolute Gasteiger partial charge is 0.231 e. The van der Waals surface area contributed by atoms with Crippen molar-refractivity contribution in [3.05, 3.63) is 42.4 Å². The lowest BCUT2D eigenvalue weighted by atomic mass is 10.2. The van der Waals surface area contributed by atoms with Gasteiger partial charge in [-0.1, -0.05) is 0 Å². The monoisotopic (exact) mass is 269 g/mol. The Morgan fingerprint density at radius 3 is 2.60 bits per heavy atom. The molecule has 0 fully saturated rings. The van der Waals surface area contributed by atoms with Gasteiger partial charge in [0.2, 0.25) is 5.71 Å². The number of hydrogen-bond acceptors (Lipinski definition) is 5. The summed E-state index contributed by atoms with van der Waals surface area (Å²) in [6.45, 7) is 1.99. The second kappa shape index (κ2) is 4.85. The van der Waals surface area contributed by atoms with E-state index in [9.17, 15) is 0 Å². The van der Waals surface area contributed by atoms with Crippen molar-refractivity contribution in [2.45, 2.75) is 6.92 Å². The van der Waals surface area contributed by atoms with Crippen molar-refractivity contribution >= 4 is 22.6 Å². The van der Waals surface area contributed by atoms with Crippen LogP contribution in [0.4, 0.5) is 11.5 Å². The van der Waals surface area contributed by atoms with Crippen LogP contribution in [0.2, 0.25) is 0 Å². The molecular formula is C15H15N3O2. The van der Waals surface area contributed by atoms with Gasteiger partial charge in [-0.2, -0.15) is 0 Å². The fourth-order valence-corrected chi connectivity index (χ4v) is 2.18. The second-order valence-corrected chi connectivity index (χ2v) is 4.55. The quantitative estimate of drug-likeness (QED) is 0.730. The van der Waals surface area contributed by atoms with E-state index in [4.69, 9.17) is 9.15 Å². The van der Waals surface area contributed by atoms with Gasteiger partial charge >= 0.3 is 0 Å². The van der Waals surface area contributed by atoms with Crippen LogP contribution in [-0.2, 0) is 0 Å². The summed E-state index contributed by atoms with van der Waals surface area (Å²) in [5, 5.41) is 0.936. The third kappa shape index (κ3) is 1.97. The highest BCUT2D eigenvalue weighted by molar-refractivity contribution is 5.91. The molecule has 0 radical (unpaired) electrons. The maximum atomic E-state index is 5.41. The third-order valence-electron chi connectivity index (χ3n) is 3.31. The van der Waals surface area contributed by atoms with Gasteiger partial charge in [-0.25, -0.2) is 9.97 Å². The fourth-order valence-electron chi connectivity index (χ4n) is 2.18. The summed E-state index contributed by atoms with van der Waals surface area (Å²) in [5.41, 5.74) is 2.65. The summed E-state index contributed by atoms with van der Waals surface area (Å²) in [5.74, 6) is 1.65. The highest BCUT2D eigenvalue weighted by Crippen LogP contribution is 2.31. The average molecular weight is 269 g/mol. The molecule has 0 amide bonds. The minimum atomic E-state index is 0.605. The number of benzene rings is 1. The van der Waals surface area contributed by atoms with E-state index in [2.05, 4.69) is 9.97 Å². The molecule has 0 saturated carbocycles. The number of methoxy groups -OCH3 is 1. The van der Waals surface area contributed by atoms with Crippen LogP contribution < -0.4 is 9.64 Å². The first-order valence-corrected chi connectivity index (χ1v) is 6.27. The first-order chi connectivity index (χ1) is 9.70. The van der Waals surface area contributed by atoms with Gasteiger partial charge in [-0.15, -0.1) is 0 Å². The lowest BCUT2D eigenvalue weighted by molar-refractivity contribution is 0.415. The summed E-state index contributed by atoms with van der Waals surface area (Å²) in [4.78, 5) is 10.5. The Kier molecular flexibility index (Phi) is 3.02. The van der Waals surface area contributed by atoms with Crippen LogP contribution in [0.25, 0.3) is 11.1 Å². The number of hydrogen-bond donors (Lipinski definition) is 0. The molecule has 0 aliphatic rings. The molecule has 0 atom stereocenters. The van der Waals surface area contributed by atoms with Gasteiger partial charge < -0.3 is 14.1 Å². The molecule has 0 aliphatic carbocycles. The zero-order valence-electron chi connectivity index (χ0n) is 11.6. The minimum Gasteiger partial charge on any atom is -0.497 e. The van der Waals surface area contributed by atoms with Gasteiger partial charge in [-0.05, 0) is 31.2 Å². The molecule has 0 saturated heterocycles. The van der Waals surface area contributed by atoms with Crippen molar-refractivity contribution in [1.29, 1.82) is 0 Å². The zero-order valence-corrected chi connectivity index (χ0v) is 11.6. The van der Waals surface area contributed by atoms with Gasteiger partial charge in [0.15, 0.2) is 0 Å². The van der Waals surface area contributed by atoms with E-state index >= 15 is 0 Å². The van der Waals surface area contributed by atoms with E-state index in [-0.39, 0.29) is 0 Å². The molecule has 0 bridgehead atoms. The molecular weight excluding hydrogens is 254 g/mol. The van der Waals surface area contributed by atoms with Gasteiger partial charge in [0.25, 0.3) is 0 Å². The molecule has 0 spiro atoms. The SMILES string of the molecule is COc1ccc(N(C)c2ncnc3occ(C)c23)cc1. The van der Waals surface area contributed by atoms with Crippen LogP contribution in [0.5, 0.6) is 5.75 Å². The van der Waals surface area contributed by atoms with Crippen molar-refractivity contribution in [3.8, 4) is 5.75 Å². The third-order valence-corrected chi connectivity index (χ3v) is 3.31. The molecule has 102 valence electrons. The van der Waals surface area contributed by atoms with Crippen LogP contribution in [0.15, 0.2) is 41.3 Å². The highest BCUT2D eigenvalue weighted by atomic mass is 16.5. The predicted octanol–water partition coefficient (Wildman–Crippen LogP) is 3.31. The maximum absolute atomic E-state index is 5.41. The number of aryl methyl sites for hydroxylation is 1. The van der Waals surface area contributed by atoms with E-state index in [1.165, 1.54) is 6.33 Å². The van der Waals surface area contributed by atoms with Gasteiger partial charge in [0.1, 0.15) is 17.9 Å². The largest absolute Gasteiger partial charge is 0.497 e. The molecule has 0 N–H and O–H groups in total. The normalized spacial score (nSPS) is 10.8.